The van der Waals surface area contributed by atoms with Crippen LogP contribution in [0.4, 0.5) is 8.78 Å². The van der Waals surface area contributed by atoms with Gasteiger partial charge in [0.1, 0.15) is 6.61 Å². The van der Waals surface area contributed by atoms with E-state index in [-0.39, 0.29) is 6.10 Å². The van der Waals surface area contributed by atoms with Crippen molar-refractivity contribution in [2.45, 2.75) is 50.8 Å². The van der Waals surface area contributed by atoms with E-state index < -0.39 is 24.1 Å². The standard InChI is InChI=1S/C10H18F2N2O2/c1-7(2)16-6-10(11,12)14-8(15)9(13)4-3-5-9/h7H,3-6,13H2,1-2H3,(H,14,15). The number of hydrogen-bond acceptors (Lipinski definition) is 3. The van der Waals surface area contributed by atoms with Crippen molar-refractivity contribution in [1.82, 2.24) is 5.32 Å². The molecule has 1 aliphatic rings. The van der Waals surface area contributed by atoms with Crippen molar-refractivity contribution in [2.75, 3.05) is 6.61 Å². The molecule has 0 aromatic rings. The lowest BCUT2D eigenvalue weighted by atomic mass is 9.77. The number of nitrogens with one attached hydrogen (secondary N) is 1. The second kappa shape index (κ2) is 4.63. The molecule has 6 heteroatoms. The Morgan fingerprint density at radius 1 is 1.56 bits per heavy atom. The molecule has 3 N–H and O–H groups in total. The fourth-order valence-electron chi connectivity index (χ4n) is 1.38. The van der Waals surface area contributed by atoms with Gasteiger partial charge in [0.2, 0.25) is 5.91 Å². The first-order valence-electron chi connectivity index (χ1n) is 5.36. The van der Waals surface area contributed by atoms with Crippen LogP contribution in [0.3, 0.4) is 0 Å². The third-order valence-corrected chi connectivity index (χ3v) is 2.59. The molecule has 0 bridgehead atoms. The molecule has 1 rings (SSSR count). The highest BCUT2D eigenvalue weighted by Crippen LogP contribution is 2.30. The molecule has 0 heterocycles. The Hall–Kier alpha value is -0.750. The van der Waals surface area contributed by atoms with Crippen molar-refractivity contribution in [3.63, 3.8) is 0 Å². The number of ether oxygens (including phenoxy) is 1. The molecular weight excluding hydrogens is 218 g/mol. The number of carbonyl (C=O) groups excluding carboxylic acids is 1. The van der Waals surface area contributed by atoms with E-state index in [1.165, 1.54) is 0 Å². The number of rotatable bonds is 5. The van der Waals surface area contributed by atoms with Crippen LogP contribution in [0.15, 0.2) is 0 Å². The monoisotopic (exact) mass is 236 g/mol. The zero-order valence-corrected chi connectivity index (χ0v) is 9.56. The third-order valence-electron chi connectivity index (χ3n) is 2.59. The van der Waals surface area contributed by atoms with E-state index in [0.29, 0.717) is 12.8 Å². The van der Waals surface area contributed by atoms with Gasteiger partial charge in [-0.05, 0) is 33.1 Å². The Balaban J connectivity index is 2.42. The Kier molecular flexibility index (Phi) is 3.85. The summed E-state index contributed by atoms with van der Waals surface area (Å²) >= 11 is 0. The minimum Gasteiger partial charge on any atom is -0.370 e. The lowest BCUT2D eigenvalue weighted by Crippen LogP contribution is -2.62. The van der Waals surface area contributed by atoms with Gasteiger partial charge in [0.25, 0.3) is 0 Å². The van der Waals surface area contributed by atoms with Gasteiger partial charge in [-0.2, -0.15) is 8.78 Å². The SMILES string of the molecule is CC(C)OCC(F)(F)NC(=O)C1(N)CCC1. The van der Waals surface area contributed by atoms with Crippen LogP contribution in [-0.2, 0) is 9.53 Å². The maximum Gasteiger partial charge on any atom is 0.348 e. The van der Waals surface area contributed by atoms with Crippen molar-refractivity contribution in [3.05, 3.63) is 0 Å². The van der Waals surface area contributed by atoms with Gasteiger partial charge in [0, 0.05) is 0 Å². The summed E-state index contributed by atoms with van der Waals surface area (Å²) in [7, 11) is 0. The predicted molar refractivity (Wildman–Crippen MR) is 54.9 cm³/mol. The van der Waals surface area contributed by atoms with Crippen LogP contribution in [-0.4, -0.2) is 30.2 Å². The van der Waals surface area contributed by atoms with Gasteiger partial charge in [0.05, 0.1) is 11.6 Å². The van der Waals surface area contributed by atoms with Gasteiger partial charge >= 0.3 is 6.05 Å². The fraction of sp³-hybridized carbons (Fsp3) is 0.900. The van der Waals surface area contributed by atoms with Gasteiger partial charge in [-0.1, -0.05) is 0 Å². The number of alkyl halides is 2. The molecule has 1 fully saturated rings. The fourth-order valence-corrected chi connectivity index (χ4v) is 1.38. The molecule has 1 amide bonds. The summed E-state index contributed by atoms with van der Waals surface area (Å²) in [6.07, 6.45) is 1.41. The molecule has 1 aliphatic carbocycles. The van der Waals surface area contributed by atoms with E-state index >= 15 is 0 Å². The third kappa shape index (κ3) is 3.38. The molecule has 0 saturated heterocycles. The van der Waals surface area contributed by atoms with Crippen LogP contribution in [0.5, 0.6) is 0 Å². The van der Waals surface area contributed by atoms with E-state index in [0.717, 1.165) is 6.42 Å². The zero-order chi connectivity index (χ0) is 12.4. The molecule has 0 unspecified atom stereocenters. The molecule has 0 aliphatic heterocycles. The van der Waals surface area contributed by atoms with E-state index in [4.69, 9.17) is 10.5 Å². The van der Waals surface area contributed by atoms with Crippen LogP contribution < -0.4 is 11.1 Å². The quantitative estimate of drug-likeness (QED) is 0.700. The minimum absolute atomic E-state index is 0.307. The number of halogens is 2. The van der Waals surface area contributed by atoms with E-state index in [2.05, 4.69) is 0 Å². The average molecular weight is 236 g/mol. The van der Waals surface area contributed by atoms with E-state index in [1.54, 1.807) is 19.2 Å². The van der Waals surface area contributed by atoms with Gasteiger partial charge in [0.15, 0.2) is 0 Å². The summed E-state index contributed by atoms with van der Waals surface area (Å²) in [6, 6.07) is -3.36. The first-order valence-corrected chi connectivity index (χ1v) is 5.36. The van der Waals surface area contributed by atoms with Crippen LogP contribution in [0.2, 0.25) is 0 Å². The van der Waals surface area contributed by atoms with Gasteiger partial charge in [-0.3, -0.25) is 10.1 Å². The molecule has 94 valence electrons. The topological polar surface area (TPSA) is 64.3 Å². The van der Waals surface area contributed by atoms with Gasteiger partial charge < -0.3 is 10.5 Å². The average Bonchev–Trinajstić information content (AvgIpc) is 2.10. The Bertz CT molecular complexity index is 266. The summed E-state index contributed by atoms with van der Waals surface area (Å²) in [4.78, 5) is 11.4. The molecule has 0 spiro atoms. The summed E-state index contributed by atoms with van der Waals surface area (Å²) < 4.78 is 31.2. The van der Waals surface area contributed by atoms with Gasteiger partial charge in [-0.15, -0.1) is 0 Å². The molecule has 0 aromatic heterocycles. The van der Waals surface area contributed by atoms with Crippen LogP contribution >= 0.6 is 0 Å². The molecule has 0 aromatic carbocycles. The molecule has 0 atom stereocenters. The Morgan fingerprint density at radius 3 is 2.50 bits per heavy atom. The predicted octanol–water partition coefficient (Wildman–Crippen LogP) is 1.00. The first-order chi connectivity index (χ1) is 7.25. The lowest BCUT2D eigenvalue weighted by Gasteiger charge is -2.37. The Morgan fingerprint density at radius 2 is 2.12 bits per heavy atom. The number of nitrogens with two attached hydrogens (primary N) is 1. The van der Waals surface area contributed by atoms with Crippen molar-refractivity contribution >= 4 is 5.91 Å². The van der Waals surface area contributed by atoms with E-state index in [9.17, 15) is 13.6 Å². The van der Waals surface area contributed by atoms with Crippen molar-refractivity contribution in [3.8, 4) is 0 Å². The molecular formula is C10H18F2N2O2. The second-order valence-electron chi connectivity index (χ2n) is 4.53. The van der Waals surface area contributed by atoms with Crippen molar-refractivity contribution in [1.29, 1.82) is 0 Å². The summed E-state index contributed by atoms with van der Waals surface area (Å²) in [6.45, 7) is 2.47. The smallest absolute Gasteiger partial charge is 0.348 e. The molecule has 0 radical (unpaired) electrons. The van der Waals surface area contributed by atoms with Crippen LogP contribution in [0, 0.1) is 0 Å². The molecule has 4 nitrogen and oxygen atoms in total. The van der Waals surface area contributed by atoms with Gasteiger partial charge in [-0.25, -0.2) is 0 Å². The highest BCUT2D eigenvalue weighted by molar-refractivity contribution is 5.87. The molecule has 1 saturated carbocycles. The summed E-state index contributed by atoms with van der Waals surface area (Å²) in [5.41, 5.74) is 4.51. The minimum atomic E-state index is -3.36. The van der Waals surface area contributed by atoms with Crippen molar-refractivity contribution < 1.29 is 18.3 Å². The summed E-state index contributed by atoms with van der Waals surface area (Å²) in [5.74, 6) is -0.795. The highest BCUT2D eigenvalue weighted by atomic mass is 19.3. The largest absolute Gasteiger partial charge is 0.370 e. The highest BCUT2D eigenvalue weighted by Gasteiger charge is 2.44. The van der Waals surface area contributed by atoms with Crippen LogP contribution in [0.1, 0.15) is 33.1 Å². The molecule has 16 heavy (non-hydrogen) atoms. The maximum atomic E-state index is 13.2. The number of carbonyl (C=O) groups is 1. The number of amides is 1. The first kappa shape index (κ1) is 13.3. The van der Waals surface area contributed by atoms with E-state index in [1.807, 2.05) is 0 Å². The number of hydrogen-bond donors (Lipinski definition) is 2. The second-order valence-corrected chi connectivity index (χ2v) is 4.53. The van der Waals surface area contributed by atoms with Crippen LogP contribution in [0.25, 0.3) is 0 Å². The van der Waals surface area contributed by atoms with Crippen molar-refractivity contribution in [2.24, 2.45) is 5.73 Å². The summed E-state index contributed by atoms with van der Waals surface area (Å²) in [5, 5.41) is 1.63. The normalized spacial score (nSPS) is 19.4. The lowest BCUT2D eigenvalue weighted by molar-refractivity contribution is -0.152. The Labute approximate surface area is 93.5 Å². The maximum absolute atomic E-state index is 13.2. The zero-order valence-electron chi connectivity index (χ0n) is 9.56.